The van der Waals surface area contributed by atoms with E-state index in [9.17, 15) is 4.79 Å². The number of ether oxygens (including phenoxy) is 2. The molecule has 1 aliphatic heterocycles. The first-order valence-corrected chi connectivity index (χ1v) is 12.0. The fourth-order valence-corrected chi connectivity index (χ4v) is 4.80. The number of amides is 1. The fraction of sp³-hybridized carbons (Fsp3) is 0.321. The van der Waals surface area contributed by atoms with Gasteiger partial charge in [0.2, 0.25) is 0 Å². The van der Waals surface area contributed by atoms with Crippen LogP contribution < -0.4 is 14.8 Å². The van der Waals surface area contributed by atoms with Crippen molar-refractivity contribution in [1.29, 1.82) is 0 Å². The van der Waals surface area contributed by atoms with Crippen LogP contribution in [0.1, 0.15) is 34.3 Å². The molecule has 3 aromatic rings. The summed E-state index contributed by atoms with van der Waals surface area (Å²) in [6.45, 7) is 1.44. The van der Waals surface area contributed by atoms with Gasteiger partial charge in [-0.05, 0) is 54.7 Å². The molecule has 5 nitrogen and oxygen atoms in total. The van der Waals surface area contributed by atoms with Gasteiger partial charge in [0.15, 0.2) is 0 Å². The molecule has 1 amide bonds. The number of likely N-dealkylation sites (tertiary alicyclic amines) is 1. The molecule has 34 heavy (non-hydrogen) atoms. The van der Waals surface area contributed by atoms with Crippen molar-refractivity contribution < 1.29 is 14.3 Å². The van der Waals surface area contributed by atoms with Crippen molar-refractivity contribution in [1.82, 2.24) is 10.2 Å². The van der Waals surface area contributed by atoms with E-state index in [1.54, 1.807) is 32.4 Å². The highest BCUT2D eigenvalue weighted by molar-refractivity contribution is 6.30. The van der Waals surface area contributed by atoms with Crippen LogP contribution >= 0.6 is 11.6 Å². The minimum Gasteiger partial charge on any atom is -0.497 e. The molecular formula is C28H31ClN2O3. The van der Waals surface area contributed by atoms with Crippen molar-refractivity contribution in [3.63, 3.8) is 0 Å². The largest absolute Gasteiger partial charge is 0.497 e. The van der Waals surface area contributed by atoms with Gasteiger partial charge < -0.3 is 19.7 Å². The van der Waals surface area contributed by atoms with Gasteiger partial charge >= 0.3 is 0 Å². The second-order valence-electron chi connectivity index (χ2n) is 8.68. The van der Waals surface area contributed by atoms with E-state index in [-0.39, 0.29) is 11.9 Å². The van der Waals surface area contributed by atoms with Crippen LogP contribution in [0.25, 0.3) is 0 Å². The van der Waals surface area contributed by atoms with Crippen LogP contribution in [-0.2, 0) is 13.0 Å². The van der Waals surface area contributed by atoms with E-state index >= 15 is 0 Å². The first-order valence-electron chi connectivity index (χ1n) is 11.6. The number of piperidine rings is 1. The monoisotopic (exact) mass is 478 g/mol. The molecule has 0 saturated carbocycles. The van der Waals surface area contributed by atoms with Gasteiger partial charge in [-0.3, -0.25) is 4.79 Å². The number of nitrogens with one attached hydrogen (secondary N) is 1. The lowest BCUT2D eigenvalue weighted by atomic mass is 9.91. The van der Waals surface area contributed by atoms with Crippen molar-refractivity contribution in [2.45, 2.75) is 37.9 Å². The van der Waals surface area contributed by atoms with Gasteiger partial charge in [0, 0.05) is 41.8 Å². The lowest BCUT2D eigenvalue weighted by molar-refractivity contribution is 0.0575. The summed E-state index contributed by atoms with van der Waals surface area (Å²) in [6, 6.07) is 24.0. The molecule has 0 spiro atoms. The smallest absolute Gasteiger partial charge is 0.254 e. The molecule has 1 N–H and O–H groups in total. The average molecular weight is 479 g/mol. The van der Waals surface area contributed by atoms with Crippen molar-refractivity contribution in [3.8, 4) is 11.5 Å². The van der Waals surface area contributed by atoms with Crippen molar-refractivity contribution >= 4 is 17.5 Å². The molecule has 0 aliphatic carbocycles. The van der Waals surface area contributed by atoms with Crippen molar-refractivity contribution in [2.75, 3.05) is 20.8 Å². The Kier molecular flexibility index (Phi) is 8.09. The molecule has 0 bridgehead atoms. The number of methoxy groups -OCH3 is 2. The molecular weight excluding hydrogens is 448 g/mol. The van der Waals surface area contributed by atoms with Crippen LogP contribution in [0.2, 0.25) is 5.02 Å². The third-order valence-electron chi connectivity index (χ3n) is 6.37. The van der Waals surface area contributed by atoms with Gasteiger partial charge in [-0.1, -0.05) is 54.1 Å². The van der Waals surface area contributed by atoms with E-state index in [4.69, 9.17) is 21.1 Å². The molecule has 0 aromatic heterocycles. The standard InChI is InChI=1S/C28H31ClN2O3/c1-33-26-15-22(16-27(18-26)34-2)28(32)31-12-11-24(30-19-21-9-6-10-23(29)13-21)17-25(31)14-20-7-4-3-5-8-20/h3-10,13,15-16,18,24-25,30H,11-12,14,17,19H2,1-2H3/t24-,25+/m0/s1. The second kappa shape index (κ2) is 11.4. The van der Waals surface area contributed by atoms with Gasteiger partial charge in [-0.15, -0.1) is 0 Å². The Hall–Kier alpha value is -3.02. The Morgan fingerprint density at radius 1 is 0.971 bits per heavy atom. The van der Waals surface area contributed by atoms with Crippen molar-refractivity contribution in [3.05, 3.63) is 94.5 Å². The molecule has 2 atom stereocenters. The first kappa shape index (κ1) is 24.1. The summed E-state index contributed by atoms with van der Waals surface area (Å²) >= 11 is 6.15. The summed E-state index contributed by atoms with van der Waals surface area (Å²) in [5.41, 5.74) is 2.97. The summed E-state index contributed by atoms with van der Waals surface area (Å²) in [5.74, 6) is 1.23. The van der Waals surface area contributed by atoms with E-state index < -0.39 is 0 Å². The van der Waals surface area contributed by atoms with Crippen LogP contribution in [-0.4, -0.2) is 43.7 Å². The maximum atomic E-state index is 13.6. The number of carbonyl (C=O) groups excluding carboxylic acids is 1. The molecule has 3 aromatic carbocycles. The minimum atomic E-state index is 0.00595. The normalized spacial score (nSPS) is 17.9. The van der Waals surface area contributed by atoms with Crippen molar-refractivity contribution in [2.24, 2.45) is 0 Å². The highest BCUT2D eigenvalue weighted by Gasteiger charge is 2.32. The van der Waals surface area contributed by atoms with Gasteiger partial charge in [0.1, 0.15) is 11.5 Å². The van der Waals surface area contributed by atoms with Gasteiger partial charge in [-0.25, -0.2) is 0 Å². The number of nitrogens with zero attached hydrogens (tertiary/aromatic N) is 1. The molecule has 1 heterocycles. The van der Waals surface area contributed by atoms with E-state index in [1.807, 2.05) is 41.3 Å². The van der Waals surface area contributed by atoms with Crippen LogP contribution in [0.5, 0.6) is 11.5 Å². The molecule has 6 heteroatoms. The Balaban J connectivity index is 1.52. The van der Waals surface area contributed by atoms with Gasteiger partial charge in [0.05, 0.1) is 14.2 Å². The number of rotatable bonds is 8. The maximum absolute atomic E-state index is 13.6. The van der Waals surface area contributed by atoms with Gasteiger partial charge in [-0.2, -0.15) is 0 Å². The highest BCUT2D eigenvalue weighted by atomic mass is 35.5. The summed E-state index contributed by atoms with van der Waals surface area (Å²) in [5, 5.41) is 4.43. The summed E-state index contributed by atoms with van der Waals surface area (Å²) < 4.78 is 10.8. The SMILES string of the molecule is COc1cc(OC)cc(C(=O)N2CC[C@H](NCc3cccc(Cl)c3)C[C@H]2Cc2ccccc2)c1. The van der Waals surface area contributed by atoms with E-state index in [1.165, 1.54) is 5.56 Å². The van der Waals surface area contributed by atoms with Crippen LogP contribution in [0.3, 0.4) is 0 Å². The topological polar surface area (TPSA) is 50.8 Å². The first-order chi connectivity index (χ1) is 16.6. The van der Waals surface area contributed by atoms with Crippen LogP contribution in [0.4, 0.5) is 0 Å². The molecule has 1 saturated heterocycles. The average Bonchev–Trinajstić information content (AvgIpc) is 2.87. The Bertz CT molecular complexity index is 1080. The zero-order valence-corrected chi connectivity index (χ0v) is 20.4. The maximum Gasteiger partial charge on any atom is 0.254 e. The lowest BCUT2D eigenvalue weighted by Gasteiger charge is -2.40. The molecule has 1 aliphatic rings. The Labute approximate surface area is 206 Å². The van der Waals surface area contributed by atoms with E-state index in [2.05, 4.69) is 23.5 Å². The lowest BCUT2D eigenvalue weighted by Crippen LogP contribution is -2.51. The molecule has 1 fully saturated rings. The third kappa shape index (κ3) is 6.10. The second-order valence-corrected chi connectivity index (χ2v) is 9.11. The van der Waals surface area contributed by atoms with E-state index in [0.717, 1.165) is 36.4 Å². The summed E-state index contributed by atoms with van der Waals surface area (Å²) in [7, 11) is 3.19. The number of halogens is 1. The molecule has 0 unspecified atom stereocenters. The number of carbonyl (C=O) groups is 1. The molecule has 178 valence electrons. The van der Waals surface area contributed by atoms with Crippen LogP contribution in [0.15, 0.2) is 72.8 Å². The van der Waals surface area contributed by atoms with E-state index in [0.29, 0.717) is 29.6 Å². The zero-order chi connectivity index (χ0) is 23.9. The van der Waals surface area contributed by atoms with Gasteiger partial charge in [0.25, 0.3) is 5.91 Å². The Morgan fingerprint density at radius 2 is 1.68 bits per heavy atom. The minimum absolute atomic E-state index is 0.00595. The number of hydrogen-bond donors (Lipinski definition) is 1. The quantitative estimate of drug-likeness (QED) is 0.473. The third-order valence-corrected chi connectivity index (χ3v) is 6.61. The zero-order valence-electron chi connectivity index (χ0n) is 19.7. The fourth-order valence-electron chi connectivity index (χ4n) is 4.59. The highest BCUT2D eigenvalue weighted by Crippen LogP contribution is 2.28. The predicted octanol–water partition coefficient (Wildman–Crippen LogP) is 5.36. The number of benzene rings is 3. The predicted molar refractivity (Wildman–Crippen MR) is 136 cm³/mol. The summed E-state index contributed by atoms with van der Waals surface area (Å²) in [4.78, 5) is 15.7. The number of hydrogen-bond acceptors (Lipinski definition) is 4. The summed E-state index contributed by atoms with van der Waals surface area (Å²) in [6.07, 6.45) is 2.57. The molecule has 4 rings (SSSR count). The molecule has 0 radical (unpaired) electrons. The van der Waals surface area contributed by atoms with Crippen LogP contribution in [0, 0.1) is 0 Å². The Morgan fingerprint density at radius 3 is 2.35 bits per heavy atom.